The van der Waals surface area contributed by atoms with Gasteiger partial charge in [0.1, 0.15) is 0 Å². The van der Waals surface area contributed by atoms with Gasteiger partial charge in [0.15, 0.2) is 0 Å². The van der Waals surface area contributed by atoms with Gasteiger partial charge in [0.05, 0.1) is 5.69 Å². The van der Waals surface area contributed by atoms with Crippen LogP contribution in [0.25, 0.3) is 0 Å². The molecule has 4 heteroatoms. The molecule has 0 unspecified atom stereocenters. The Hall–Kier alpha value is -1.68. The summed E-state index contributed by atoms with van der Waals surface area (Å²) < 4.78 is 1.93. The highest BCUT2D eigenvalue weighted by atomic mass is 15.4. The third kappa shape index (κ3) is 5.13. The molecular weight excluding hydrogens is 248 g/mol. The molecule has 0 radical (unpaired) electrons. The number of nitrogens with one attached hydrogen (secondary N) is 1. The van der Waals surface area contributed by atoms with Crippen LogP contribution in [0.15, 0.2) is 36.5 Å². The topological polar surface area (TPSA) is 42.7 Å². The summed E-state index contributed by atoms with van der Waals surface area (Å²) in [6, 6.07) is 10.6. The van der Waals surface area contributed by atoms with E-state index in [0.29, 0.717) is 0 Å². The summed E-state index contributed by atoms with van der Waals surface area (Å²) in [7, 11) is 0. The van der Waals surface area contributed by atoms with Crippen molar-refractivity contribution in [2.75, 3.05) is 0 Å². The van der Waals surface area contributed by atoms with E-state index >= 15 is 0 Å². The number of nitrogens with zero attached hydrogens (tertiary/aromatic N) is 3. The highest BCUT2D eigenvalue weighted by molar-refractivity contribution is 5.14. The molecule has 108 valence electrons. The van der Waals surface area contributed by atoms with E-state index in [-0.39, 0.29) is 5.54 Å². The molecular formula is C16H24N4. The summed E-state index contributed by atoms with van der Waals surface area (Å²) in [6.45, 7) is 8.13. The molecule has 0 atom stereocenters. The summed E-state index contributed by atoms with van der Waals surface area (Å²) in [5, 5.41) is 11.8. The number of aryl methyl sites for hydroxylation is 2. The predicted octanol–water partition coefficient (Wildman–Crippen LogP) is 2.80. The van der Waals surface area contributed by atoms with Crippen molar-refractivity contribution in [2.45, 2.75) is 52.2 Å². The van der Waals surface area contributed by atoms with E-state index < -0.39 is 0 Å². The van der Waals surface area contributed by atoms with E-state index in [0.717, 1.165) is 31.6 Å². The highest BCUT2D eigenvalue weighted by Gasteiger charge is 2.09. The minimum atomic E-state index is 0.108. The summed E-state index contributed by atoms with van der Waals surface area (Å²) in [4.78, 5) is 0. The summed E-state index contributed by atoms with van der Waals surface area (Å²) in [5.41, 5.74) is 2.48. The molecule has 0 fully saturated rings. The van der Waals surface area contributed by atoms with Crippen molar-refractivity contribution in [3.05, 3.63) is 47.8 Å². The fourth-order valence-electron chi connectivity index (χ4n) is 1.97. The quantitative estimate of drug-likeness (QED) is 0.879. The van der Waals surface area contributed by atoms with Crippen molar-refractivity contribution >= 4 is 0 Å². The van der Waals surface area contributed by atoms with Crippen molar-refractivity contribution in [3.8, 4) is 0 Å². The van der Waals surface area contributed by atoms with Crippen LogP contribution < -0.4 is 5.32 Å². The molecule has 2 aromatic rings. The fraction of sp³-hybridized carbons (Fsp3) is 0.500. The molecule has 1 aromatic heterocycles. The van der Waals surface area contributed by atoms with Gasteiger partial charge >= 0.3 is 0 Å². The van der Waals surface area contributed by atoms with E-state index in [9.17, 15) is 0 Å². The van der Waals surface area contributed by atoms with Gasteiger partial charge in [-0.25, -0.2) is 0 Å². The lowest BCUT2D eigenvalue weighted by molar-refractivity contribution is 0.421. The lowest BCUT2D eigenvalue weighted by atomic mass is 10.1. The highest BCUT2D eigenvalue weighted by Crippen LogP contribution is 2.05. The van der Waals surface area contributed by atoms with E-state index in [4.69, 9.17) is 0 Å². The third-order valence-electron chi connectivity index (χ3n) is 3.08. The van der Waals surface area contributed by atoms with Crippen LogP contribution in [0.2, 0.25) is 0 Å². The zero-order valence-electron chi connectivity index (χ0n) is 12.6. The lowest BCUT2D eigenvalue weighted by Crippen LogP contribution is -2.35. The Bertz CT molecular complexity index is 511. The molecule has 4 nitrogen and oxygen atoms in total. The van der Waals surface area contributed by atoms with Gasteiger partial charge in [0.2, 0.25) is 0 Å². The summed E-state index contributed by atoms with van der Waals surface area (Å²) >= 11 is 0. The predicted molar refractivity (Wildman–Crippen MR) is 81.4 cm³/mol. The fourth-order valence-corrected chi connectivity index (χ4v) is 1.97. The van der Waals surface area contributed by atoms with Crippen LogP contribution in [0.5, 0.6) is 0 Å². The van der Waals surface area contributed by atoms with Gasteiger partial charge in [0.25, 0.3) is 0 Å². The van der Waals surface area contributed by atoms with Gasteiger partial charge < -0.3 is 5.32 Å². The molecule has 1 N–H and O–H groups in total. The molecule has 1 heterocycles. The van der Waals surface area contributed by atoms with Gasteiger partial charge in [-0.2, -0.15) is 0 Å². The van der Waals surface area contributed by atoms with Crippen molar-refractivity contribution in [2.24, 2.45) is 0 Å². The number of benzene rings is 1. The minimum Gasteiger partial charge on any atom is -0.306 e. The molecule has 0 amide bonds. The zero-order chi connectivity index (χ0) is 14.4. The van der Waals surface area contributed by atoms with Crippen molar-refractivity contribution in [1.82, 2.24) is 20.3 Å². The van der Waals surface area contributed by atoms with Crippen LogP contribution in [0.3, 0.4) is 0 Å². The summed E-state index contributed by atoms with van der Waals surface area (Å²) in [6.07, 6.45) is 4.19. The smallest absolute Gasteiger partial charge is 0.0965 e. The molecule has 2 rings (SSSR count). The Morgan fingerprint density at radius 2 is 1.90 bits per heavy atom. The Morgan fingerprint density at radius 3 is 2.60 bits per heavy atom. The zero-order valence-corrected chi connectivity index (χ0v) is 12.6. The molecule has 0 aliphatic carbocycles. The summed E-state index contributed by atoms with van der Waals surface area (Å²) in [5.74, 6) is 0. The van der Waals surface area contributed by atoms with E-state index in [1.54, 1.807) is 0 Å². The van der Waals surface area contributed by atoms with Crippen LogP contribution in [0.1, 0.15) is 38.4 Å². The maximum atomic E-state index is 4.20. The van der Waals surface area contributed by atoms with E-state index in [1.807, 2.05) is 10.9 Å². The number of hydrogen-bond acceptors (Lipinski definition) is 3. The van der Waals surface area contributed by atoms with Crippen LogP contribution in [0, 0.1) is 0 Å². The first-order chi connectivity index (χ1) is 9.53. The second-order valence-electron chi connectivity index (χ2n) is 6.17. The van der Waals surface area contributed by atoms with Crippen LogP contribution in [0.4, 0.5) is 0 Å². The molecule has 0 bridgehead atoms. The van der Waals surface area contributed by atoms with Crippen molar-refractivity contribution < 1.29 is 0 Å². The third-order valence-corrected chi connectivity index (χ3v) is 3.08. The average Bonchev–Trinajstić information content (AvgIpc) is 2.85. The van der Waals surface area contributed by atoms with Crippen molar-refractivity contribution in [3.63, 3.8) is 0 Å². The normalized spacial score (nSPS) is 11.8. The monoisotopic (exact) mass is 272 g/mol. The largest absolute Gasteiger partial charge is 0.306 e. The maximum absolute atomic E-state index is 4.20. The first-order valence-corrected chi connectivity index (χ1v) is 7.21. The Morgan fingerprint density at radius 1 is 1.15 bits per heavy atom. The second-order valence-corrected chi connectivity index (χ2v) is 6.17. The van der Waals surface area contributed by atoms with Crippen molar-refractivity contribution in [1.29, 1.82) is 0 Å². The molecule has 0 aliphatic rings. The first kappa shape index (κ1) is 14.7. The van der Waals surface area contributed by atoms with Crippen LogP contribution in [-0.4, -0.2) is 20.5 Å². The van der Waals surface area contributed by atoms with Gasteiger partial charge in [-0.15, -0.1) is 5.10 Å². The standard InChI is InChI=1S/C16H24N4/c1-16(2,3)17-12-15-13-20(19-18-15)11-7-10-14-8-5-4-6-9-14/h4-6,8-9,13,17H,7,10-12H2,1-3H3. The van der Waals surface area contributed by atoms with Gasteiger partial charge in [-0.1, -0.05) is 35.5 Å². The van der Waals surface area contributed by atoms with E-state index in [1.165, 1.54) is 5.56 Å². The second kappa shape index (κ2) is 6.66. The number of aromatic nitrogens is 3. The SMILES string of the molecule is CC(C)(C)NCc1cn(CCCc2ccccc2)nn1. The Balaban J connectivity index is 1.75. The lowest BCUT2D eigenvalue weighted by Gasteiger charge is -2.19. The van der Waals surface area contributed by atoms with Crippen LogP contribution in [-0.2, 0) is 19.5 Å². The Kier molecular flexibility index (Phi) is 4.90. The molecule has 0 spiro atoms. The number of rotatable bonds is 6. The average molecular weight is 272 g/mol. The maximum Gasteiger partial charge on any atom is 0.0965 e. The van der Waals surface area contributed by atoms with E-state index in [2.05, 4.69) is 66.7 Å². The molecule has 20 heavy (non-hydrogen) atoms. The van der Waals surface area contributed by atoms with Gasteiger partial charge in [-0.05, 0) is 39.2 Å². The molecule has 0 saturated heterocycles. The Labute approximate surface area is 121 Å². The van der Waals surface area contributed by atoms with Gasteiger partial charge in [0, 0.05) is 24.8 Å². The molecule has 1 aromatic carbocycles. The van der Waals surface area contributed by atoms with Crippen LogP contribution >= 0.6 is 0 Å². The minimum absolute atomic E-state index is 0.108. The van der Waals surface area contributed by atoms with Gasteiger partial charge in [-0.3, -0.25) is 4.68 Å². The molecule has 0 aliphatic heterocycles. The number of hydrogen-bond donors (Lipinski definition) is 1. The first-order valence-electron chi connectivity index (χ1n) is 7.21. The molecule has 0 saturated carbocycles.